The third-order valence-electron chi connectivity index (χ3n) is 5.24. The van der Waals surface area contributed by atoms with Crippen LogP contribution >= 0.6 is 0 Å². The second-order valence-corrected chi connectivity index (χ2v) is 7.08. The van der Waals surface area contributed by atoms with Crippen LogP contribution in [-0.2, 0) is 13.1 Å². The van der Waals surface area contributed by atoms with Gasteiger partial charge in [0.05, 0.1) is 18.3 Å². The van der Waals surface area contributed by atoms with Crippen molar-refractivity contribution in [2.45, 2.75) is 39.9 Å². The predicted molar refractivity (Wildman–Crippen MR) is 101 cm³/mol. The van der Waals surface area contributed by atoms with Gasteiger partial charge in [-0.05, 0) is 56.7 Å². The van der Waals surface area contributed by atoms with E-state index in [1.807, 2.05) is 46.8 Å². The SMILES string of the molecule is Cc1cc(C)n(Cc2ccc(C(=O)N3CCn4cccc4[C@H]3C)cc2)n1. The lowest BCUT2D eigenvalue weighted by Gasteiger charge is -2.35. The van der Waals surface area contributed by atoms with Crippen molar-refractivity contribution < 1.29 is 4.79 Å². The zero-order valence-corrected chi connectivity index (χ0v) is 15.5. The second-order valence-electron chi connectivity index (χ2n) is 7.08. The Labute approximate surface area is 153 Å². The monoisotopic (exact) mass is 348 g/mol. The normalized spacial score (nSPS) is 16.6. The number of amides is 1. The summed E-state index contributed by atoms with van der Waals surface area (Å²) in [5, 5.41) is 4.50. The molecule has 1 aliphatic rings. The highest BCUT2D eigenvalue weighted by Crippen LogP contribution is 2.27. The fourth-order valence-corrected chi connectivity index (χ4v) is 3.78. The third-order valence-corrected chi connectivity index (χ3v) is 5.24. The Balaban J connectivity index is 1.50. The number of hydrogen-bond donors (Lipinski definition) is 0. The Morgan fingerprint density at radius 2 is 1.92 bits per heavy atom. The molecule has 5 nitrogen and oxygen atoms in total. The molecule has 0 N–H and O–H groups in total. The van der Waals surface area contributed by atoms with E-state index >= 15 is 0 Å². The molecule has 0 aliphatic carbocycles. The number of fused-ring (bicyclic) bond motifs is 1. The number of carbonyl (C=O) groups is 1. The molecular formula is C21H24N4O. The predicted octanol–water partition coefficient (Wildman–Crippen LogP) is 3.57. The minimum atomic E-state index is 0.0978. The number of hydrogen-bond acceptors (Lipinski definition) is 2. The quantitative estimate of drug-likeness (QED) is 0.726. The minimum absolute atomic E-state index is 0.0978. The summed E-state index contributed by atoms with van der Waals surface area (Å²) in [7, 11) is 0. The maximum Gasteiger partial charge on any atom is 0.254 e. The number of benzene rings is 1. The summed E-state index contributed by atoms with van der Waals surface area (Å²) in [6.07, 6.45) is 2.08. The van der Waals surface area contributed by atoms with Crippen molar-refractivity contribution in [3.8, 4) is 0 Å². The first-order chi connectivity index (χ1) is 12.5. The highest BCUT2D eigenvalue weighted by molar-refractivity contribution is 5.94. The van der Waals surface area contributed by atoms with E-state index in [2.05, 4.69) is 41.8 Å². The average Bonchev–Trinajstić information content (AvgIpc) is 3.22. The lowest BCUT2D eigenvalue weighted by atomic mass is 10.1. The van der Waals surface area contributed by atoms with Gasteiger partial charge in [-0.2, -0.15) is 5.10 Å². The standard InChI is InChI=1S/C21H24N4O/c1-15-13-16(2)25(22-15)14-18-6-8-19(9-7-18)21(26)24-12-11-23-10-4-5-20(23)17(24)3/h4-10,13,17H,11-12,14H2,1-3H3/t17-/m1/s1. The van der Waals surface area contributed by atoms with Gasteiger partial charge in [0.25, 0.3) is 5.91 Å². The van der Waals surface area contributed by atoms with Crippen LogP contribution in [0.2, 0.25) is 0 Å². The molecule has 5 heteroatoms. The van der Waals surface area contributed by atoms with Crippen LogP contribution in [0.15, 0.2) is 48.7 Å². The van der Waals surface area contributed by atoms with E-state index in [0.29, 0.717) is 0 Å². The molecule has 0 radical (unpaired) electrons. The van der Waals surface area contributed by atoms with Gasteiger partial charge in [-0.1, -0.05) is 12.1 Å². The van der Waals surface area contributed by atoms with Gasteiger partial charge in [0.15, 0.2) is 0 Å². The molecule has 3 heterocycles. The van der Waals surface area contributed by atoms with Crippen LogP contribution in [0.1, 0.15) is 46.0 Å². The number of rotatable bonds is 3. The highest BCUT2D eigenvalue weighted by atomic mass is 16.2. The van der Waals surface area contributed by atoms with E-state index in [1.165, 1.54) is 5.69 Å². The number of carbonyl (C=O) groups excluding carboxylic acids is 1. The summed E-state index contributed by atoms with van der Waals surface area (Å²) in [4.78, 5) is 14.9. The number of nitrogens with zero attached hydrogens (tertiary/aromatic N) is 4. The van der Waals surface area contributed by atoms with Gasteiger partial charge < -0.3 is 9.47 Å². The first kappa shape index (κ1) is 16.6. The minimum Gasteiger partial charge on any atom is -0.348 e. The van der Waals surface area contributed by atoms with Crippen molar-refractivity contribution in [1.82, 2.24) is 19.2 Å². The summed E-state index contributed by atoms with van der Waals surface area (Å²) >= 11 is 0. The zero-order valence-electron chi connectivity index (χ0n) is 15.5. The largest absolute Gasteiger partial charge is 0.348 e. The molecule has 4 rings (SSSR count). The Bertz CT molecular complexity index is 935. The molecule has 1 aromatic carbocycles. The molecule has 134 valence electrons. The molecule has 3 aromatic rings. The molecule has 0 fully saturated rings. The topological polar surface area (TPSA) is 43.1 Å². The maximum atomic E-state index is 13.0. The van der Waals surface area contributed by atoms with Crippen molar-refractivity contribution >= 4 is 5.91 Å². The summed E-state index contributed by atoms with van der Waals surface area (Å²) in [5.74, 6) is 0.0996. The van der Waals surface area contributed by atoms with Crippen LogP contribution < -0.4 is 0 Å². The average molecular weight is 348 g/mol. The fourth-order valence-electron chi connectivity index (χ4n) is 3.78. The zero-order chi connectivity index (χ0) is 18.3. The lowest BCUT2D eigenvalue weighted by Crippen LogP contribution is -2.40. The van der Waals surface area contributed by atoms with E-state index in [9.17, 15) is 4.79 Å². The summed E-state index contributed by atoms with van der Waals surface area (Å²) in [6, 6.07) is 14.2. The molecule has 0 unspecified atom stereocenters. The van der Waals surface area contributed by atoms with Crippen molar-refractivity contribution in [3.05, 3.63) is 76.9 Å². The maximum absolute atomic E-state index is 13.0. The van der Waals surface area contributed by atoms with Crippen LogP contribution in [0.4, 0.5) is 0 Å². The summed E-state index contributed by atoms with van der Waals surface area (Å²) in [6.45, 7) is 8.48. The lowest BCUT2D eigenvalue weighted by molar-refractivity contribution is 0.0644. The van der Waals surface area contributed by atoms with Crippen molar-refractivity contribution in [3.63, 3.8) is 0 Å². The van der Waals surface area contributed by atoms with Gasteiger partial charge in [-0.25, -0.2) is 0 Å². The Hall–Kier alpha value is -2.82. The molecule has 0 saturated heterocycles. The van der Waals surface area contributed by atoms with Crippen molar-refractivity contribution in [2.75, 3.05) is 6.54 Å². The van der Waals surface area contributed by atoms with Crippen LogP contribution in [0.3, 0.4) is 0 Å². The number of aromatic nitrogens is 3. The molecule has 2 aromatic heterocycles. The summed E-state index contributed by atoms with van der Waals surface area (Å²) < 4.78 is 4.22. The Morgan fingerprint density at radius 1 is 1.15 bits per heavy atom. The summed E-state index contributed by atoms with van der Waals surface area (Å²) in [5.41, 5.74) is 5.26. The van der Waals surface area contributed by atoms with Gasteiger partial charge in [-0.3, -0.25) is 9.48 Å². The van der Waals surface area contributed by atoms with E-state index in [1.54, 1.807) is 0 Å². The van der Waals surface area contributed by atoms with Gasteiger partial charge in [0.2, 0.25) is 0 Å². The molecule has 0 bridgehead atoms. The van der Waals surface area contributed by atoms with Gasteiger partial charge >= 0.3 is 0 Å². The molecule has 1 amide bonds. The van der Waals surface area contributed by atoms with Gasteiger partial charge in [0.1, 0.15) is 0 Å². The smallest absolute Gasteiger partial charge is 0.254 e. The van der Waals surface area contributed by atoms with E-state index in [0.717, 1.165) is 42.1 Å². The van der Waals surface area contributed by atoms with Gasteiger partial charge in [0, 0.05) is 36.2 Å². The molecule has 1 aliphatic heterocycles. The van der Waals surface area contributed by atoms with Crippen LogP contribution in [0, 0.1) is 13.8 Å². The van der Waals surface area contributed by atoms with E-state index in [4.69, 9.17) is 0 Å². The third kappa shape index (κ3) is 2.94. The molecule has 26 heavy (non-hydrogen) atoms. The van der Waals surface area contributed by atoms with Crippen LogP contribution in [0.5, 0.6) is 0 Å². The second kappa shape index (κ2) is 6.48. The number of aryl methyl sites for hydroxylation is 2. The molecule has 0 saturated carbocycles. The molecule has 1 atom stereocenters. The first-order valence-corrected chi connectivity index (χ1v) is 9.09. The van der Waals surface area contributed by atoms with E-state index in [-0.39, 0.29) is 11.9 Å². The molecule has 0 spiro atoms. The Kier molecular flexibility index (Phi) is 4.15. The first-order valence-electron chi connectivity index (χ1n) is 9.09. The van der Waals surface area contributed by atoms with Crippen molar-refractivity contribution in [1.29, 1.82) is 0 Å². The molecular weight excluding hydrogens is 324 g/mol. The highest BCUT2D eigenvalue weighted by Gasteiger charge is 2.27. The Morgan fingerprint density at radius 3 is 2.62 bits per heavy atom. The van der Waals surface area contributed by atoms with Crippen LogP contribution in [-0.4, -0.2) is 31.7 Å². The van der Waals surface area contributed by atoms with Crippen molar-refractivity contribution in [2.24, 2.45) is 0 Å². The van der Waals surface area contributed by atoms with Crippen LogP contribution in [0.25, 0.3) is 0 Å². The fraction of sp³-hybridized carbons (Fsp3) is 0.333. The van der Waals surface area contributed by atoms with Gasteiger partial charge in [-0.15, -0.1) is 0 Å². The van der Waals surface area contributed by atoms with E-state index < -0.39 is 0 Å².